The minimum atomic E-state index is -1.47. The summed E-state index contributed by atoms with van der Waals surface area (Å²) in [5, 5.41) is 14.4. The van der Waals surface area contributed by atoms with E-state index in [-0.39, 0.29) is 5.91 Å². The Morgan fingerprint density at radius 3 is 2.29 bits per heavy atom. The molecule has 1 unspecified atom stereocenters. The number of aliphatic hydroxyl groups is 1. The Kier molecular flexibility index (Phi) is 3.08. The lowest BCUT2D eigenvalue weighted by Gasteiger charge is -2.38. The minimum Gasteiger partial charge on any atom is -0.362 e. The summed E-state index contributed by atoms with van der Waals surface area (Å²) in [6.45, 7) is 1.99. The highest BCUT2D eigenvalue weighted by atomic mass is 16.3. The lowest BCUT2D eigenvalue weighted by Crippen LogP contribution is -2.51. The van der Waals surface area contributed by atoms with E-state index in [2.05, 4.69) is 0 Å². The van der Waals surface area contributed by atoms with E-state index in [1.165, 1.54) is 5.01 Å². The van der Waals surface area contributed by atoms with E-state index in [0.29, 0.717) is 16.7 Å². The first-order valence-corrected chi connectivity index (χ1v) is 6.87. The molecular formula is C17H18N2O2. The zero-order chi connectivity index (χ0) is 15.2. The van der Waals surface area contributed by atoms with Crippen molar-refractivity contribution in [1.82, 2.24) is 10.0 Å². The number of hydrogen-bond acceptors (Lipinski definition) is 3. The second-order valence-corrected chi connectivity index (χ2v) is 5.55. The van der Waals surface area contributed by atoms with Crippen LogP contribution in [0.15, 0.2) is 48.5 Å². The summed E-state index contributed by atoms with van der Waals surface area (Å²) < 4.78 is 0. The number of rotatable bonds is 2. The van der Waals surface area contributed by atoms with Crippen LogP contribution in [0, 0.1) is 6.92 Å². The topological polar surface area (TPSA) is 43.8 Å². The first-order valence-electron chi connectivity index (χ1n) is 6.87. The Morgan fingerprint density at radius 2 is 1.67 bits per heavy atom. The van der Waals surface area contributed by atoms with Crippen molar-refractivity contribution in [3.8, 4) is 0 Å². The Bertz CT molecular complexity index is 694. The summed E-state index contributed by atoms with van der Waals surface area (Å²) in [7, 11) is 3.51. The Labute approximate surface area is 124 Å². The quantitative estimate of drug-likeness (QED) is 0.917. The number of carbonyl (C=O) groups excluding carboxylic acids is 1. The van der Waals surface area contributed by atoms with Crippen molar-refractivity contribution in [3.63, 3.8) is 0 Å². The number of carbonyl (C=O) groups is 1. The molecule has 1 aliphatic heterocycles. The van der Waals surface area contributed by atoms with Crippen LogP contribution < -0.4 is 0 Å². The summed E-state index contributed by atoms with van der Waals surface area (Å²) >= 11 is 0. The molecule has 4 heteroatoms. The molecule has 1 heterocycles. The fourth-order valence-corrected chi connectivity index (χ4v) is 2.88. The van der Waals surface area contributed by atoms with Crippen LogP contribution >= 0.6 is 0 Å². The van der Waals surface area contributed by atoms with Crippen LogP contribution in [-0.2, 0) is 5.72 Å². The van der Waals surface area contributed by atoms with Gasteiger partial charge in [-0.2, -0.15) is 0 Å². The number of hydrogen-bond donors (Lipinski definition) is 1. The molecule has 0 saturated heterocycles. The van der Waals surface area contributed by atoms with Gasteiger partial charge in [0.1, 0.15) is 0 Å². The molecule has 2 aromatic carbocycles. The molecule has 21 heavy (non-hydrogen) atoms. The number of nitrogens with zero attached hydrogens (tertiary/aromatic N) is 2. The largest absolute Gasteiger partial charge is 0.362 e. The predicted octanol–water partition coefficient (Wildman–Crippen LogP) is 2.12. The molecule has 0 aromatic heterocycles. The normalized spacial score (nSPS) is 21.0. The molecule has 1 amide bonds. The smallest absolute Gasteiger partial charge is 0.271 e. The maximum absolute atomic E-state index is 12.6. The standard InChI is InChI=1S/C17H18N2O2/c1-12-8-10-13(11-9-12)17(21)15-7-5-4-6-14(15)16(20)19(17)18(2)3/h4-11,21H,1-3H3. The number of hydrazine groups is 1. The summed E-state index contributed by atoms with van der Waals surface area (Å²) in [4.78, 5) is 12.6. The van der Waals surface area contributed by atoms with Gasteiger partial charge < -0.3 is 5.11 Å². The van der Waals surface area contributed by atoms with Gasteiger partial charge in [-0.1, -0.05) is 48.0 Å². The average molecular weight is 282 g/mol. The van der Waals surface area contributed by atoms with Crippen molar-refractivity contribution in [2.45, 2.75) is 12.6 Å². The van der Waals surface area contributed by atoms with Gasteiger partial charge in [0.15, 0.2) is 0 Å². The molecule has 1 atom stereocenters. The number of amides is 1. The first-order chi connectivity index (χ1) is 9.96. The van der Waals surface area contributed by atoms with Crippen LogP contribution in [0.1, 0.15) is 27.0 Å². The lowest BCUT2D eigenvalue weighted by molar-refractivity contribution is -0.136. The van der Waals surface area contributed by atoms with Crippen molar-refractivity contribution in [2.24, 2.45) is 0 Å². The minimum absolute atomic E-state index is 0.196. The molecular weight excluding hydrogens is 264 g/mol. The van der Waals surface area contributed by atoms with Crippen LogP contribution in [-0.4, -0.2) is 35.1 Å². The average Bonchev–Trinajstić information content (AvgIpc) is 2.70. The Morgan fingerprint density at radius 1 is 1.05 bits per heavy atom. The number of fused-ring (bicyclic) bond motifs is 1. The van der Waals surface area contributed by atoms with Crippen molar-refractivity contribution in [1.29, 1.82) is 0 Å². The summed E-state index contributed by atoms with van der Waals surface area (Å²) in [5.74, 6) is -0.196. The molecule has 0 saturated carbocycles. The molecule has 0 radical (unpaired) electrons. The van der Waals surface area contributed by atoms with Crippen LogP contribution in [0.3, 0.4) is 0 Å². The molecule has 4 nitrogen and oxygen atoms in total. The molecule has 0 bridgehead atoms. The van der Waals surface area contributed by atoms with Gasteiger partial charge in [-0.15, -0.1) is 0 Å². The molecule has 1 N–H and O–H groups in total. The van der Waals surface area contributed by atoms with Gasteiger partial charge in [-0.25, -0.2) is 10.0 Å². The third-order valence-corrected chi connectivity index (χ3v) is 3.89. The molecule has 0 spiro atoms. The van der Waals surface area contributed by atoms with Gasteiger partial charge in [0, 0.05) is 30.8 Å². The van der Waals surface area contributed by atoms with E-state index in [0.717, 1.165) is 5.56 Å². The Hall–Kier alpha value is -2.17. The molecule has 0 aliphatic carbocycles. The zero-order valence-electron chi connectivity index (χ0n) is 12.4. The van der Waals surface area contributed by atoms with E-state index in [1.54, 1.807) is 31.2 Å². The van der Waals surface area contributed by atoms with Crippen molar-refractivity contribution >= 4 is 5.91 Å². The monoisotopic (exact) mass is 282 g/mol. The van der Waals surface area contributed by atoms with Gasteiger partial charge in [-0.05, 0) is 13.0 Å². The van der Waals surface area contributed by atoms with Crippen LogP contribution in [0.2, 0.25) is 0 Å². The van der Waals surface area contributed by atoms with Crippen molar-refractivity contribution in [3.05, 3.63) is 70.8 Å². The first kappa shape index (κ1) is 13.8. The summed E-state index contributed by atoms with van der Waals surface area (Å²) in [6, 6.07) is 14.8. The van der Waals surface area contributed by atoms with Crippen molar-refractivity contribution in [2.75, 3.05) is 14.1 Å². The third kappa shape index (κ3) is 1.87. The molecule has 2 aromatic rings. The Balaban J connectivity index is 2.26. The third-order valence-electron chi connectivity index (χ3n) is 3.89. The van der Waals surface area contributed by atoms with Crippen LogP contribution in [0.4, 0.5) is 0 Å². The van der Waals surface area contributed by atoms with E-state index in [1.807, 2.05) is 43.3 Å². The van der Waals surface area contributed by atoms with Gasteiger partial charge in [0.2, 0.25) is 5.72 Å². The second kappa shape index (κ2) is 4.69. The predicted molar refractivity (Wildman–Crippen MR) is 80.5 cm³/mol. The number of benzene rings is 2. The summed E-state index contributed by atoms with van der Waals surface area (Å²) in [6.07, 6.45) is 0. The summed E-state index contributed by atoms with van der Waals surface area (Å²) in [5.41, 5.74) is 1.48. The highest BCUT2D eigenvalue weighted by Crippen LogP contribution is 2.42. The SMILES string of the molecule is Cc1ccc(C2(O)c3ccccc3C(=O)N2N(C)C)cc1. The van der Waals surface area contributed by atoms with Crippen LogP contribution in [0.5, 0.6) is 0 Å². The van der Waals surface area contributed by atoms with E-state index < -0.39 is 5.72 Å². The highest BCUT2D eigenvalue weighted by molar-refractivity contribution is 6.00. The van der Waals surface area contributed by atoms with Gasteiger partial charge in [-0.3, -0.25) is 4.79 Å². The van der Waals surface area contributed by atoms with Gasteiger partial charge in [0.05, 0.1) is 0 Å². The zero-order valence-corrected chi connectivity index (χ0v) is 12.4. The van der Waals surface area contributed by atoms with Crippen molar-refractivity contribution < 1.29 is 9.90 Å². The fraction of sp³-hybridized carbons (Fsp3) is 0.235. The molecule has 1 aliphatic rings. The van der Waals surface area contributed by atoms with E-state index in [9.17, 15) is 9.90 Å². The maximum atomic E-state index is 12.6. The molecule has 3 rings (SSSR count). The molecule has 108 valence electrons. The second-order valence-electron chi connectivity index (χ2n) is 5.55. The number of aryl methyl sites for hydroxylation is 1. The van der Waals surface area contributed by atoms with Gasteiger partial charge in [0.25, 0.3) is 5.91 Å². The lowest BCUT2D eigenvalue weighted by atomic mass is 9.94. The molecule has 0 fully saturated rings. The van der Waals surface area contributed by atoms with Gasteiger partial charge >= 0.3 is 0 Å². The van der Waals surface area contributed by atoms with Crippen LogP contribution in [0.25, 0.3) is 0 Å². The maximum Gasteiger partial charge on any atom is 0.271 e. The van der Waals surface area contributed by atoms with E-state index in [4.69, 9.17) is 0 Å². The fourth-order valence-electron chi connectivity index (χ4n) is 2.88. The van der Waals surface area contributed by atoms with E-state index >= 15 is 0 Å². The highest BCUT2D eigenvalue weighted by Gasteiger charge is 2.51.